The summed E-state index contributed by atoms with van der Waals surface area (Å²) in [6, 6.07) is 9.01. The minimum absolute atomic E-state index is 0.0696. The molecule has 3 nitrogen and oxygen atoms in total. The maximum absolute atomic E-state index is 13.7. The Balaban J connectivity index is 2.29. The molecule has 5 heteroatoms. The van der Waals surface area contributed by atoms with E-state index in [0.29, 0.717) is 0 Å². The maximum atomic E-state index is 13.7. The summed E-state index contributed by atoms with van der Waals surface area (Å²) in [6.45, 7) is 3.93. The molecule has 2 aromatic rings. The van der Waals surface area contributed by atoms with Crippen LogP contribution in [0, 0.1) is 19.7 Å². The highest BCUT2D eigenvalue weighted by molar-refractivity contribution is 7.84. The molecule has 0 saturated heterocycles. The molecule has 0 fully saturated rings. The molecular weight excluding hydrogens is 291 g/mol. The standard InChI is InChI=1S/C16H15FO3S/c1-10-3-4-12(7-11(10)2)9-21(20)15-8-13(16(18)19)5-6-14(15)17/h3-8H,9H2,1-2H3,(H,18,19). The van der Waals surface area contributed by atoms with E-state index in [4.69, 9.17) is 5.11 Å². The molecule has 0 heterocycles. The Labute approximate surface area is 124 Å². The van der Waals surface area contributed by atoms with E-state index in [-0.39, 0.29) is 16.2 Å². The van der Waals surface area contributed by atoms with E-state index >= 15 is 0 Å². The van der Waals surface area contributed by atoms with Crippen molar-refractivity contribution in [3.63, 3.8) is 0 Å². The molecule has 21 heavy (non-hydrogen) atoms. The van der Waals surface area contributed by atoms with Crippen molar-refractivity contribution in [2.75, 3.05) is 0 Å². The van der Waals surface area contributed by atoms with E-state index in [1.165, 1.54) is 0 Å². The zero-order chi connectivity index (χ0) is 15.6. The number of carbonyl (C=O) groups is 1. The van der Waals surface area contributed by atoms with Gasteiger partial charge in [0.2, 0.25) is 0 Å². The van der Waals surface area contributed by atoms with Crippen LogP contribution < -0.4 is 0 Å². The highest BCUT2D eigenvalue weighted by Gasteiger charge is 2.14. The van der Waals surface area contributed by atoms with E-state index in [2.05, 4.69) is 0 Å². The first-order valence-corrected chi connectivity index (χ1v) is 7.67. The second-order valence-electron chi connectivity index (χ2n) is 4.86. The molecule has 0 aliphatic carbocycles. The normalized spacial score (nSPS) is 12.1. The molecule has 0 bridgehead atoms. The van der Waals surface area contributed by atoms with Gasteiger partial charge in [-0.15, -0.1) is 0 Å². The first kappa shape index (κ1) is 15.4. The number of hydrogen-bond acceptors (Lipinski definition) is 2. The number of halogens is 1. The smallest absolute Gasteiger partial charge is 0.335 e. The number of carboxylic acid groups (broad SMARTS) is 1. The highest BCUT2D eigenvalue weighted by atomic mass is 32.2. The number of benzene rings is 2. The summed E-state index contributed by atoms with van der Waals surface area (Å²) >= 11 is 0. The van der Waals surface area contributed by atoms with Crippen LogP contribution >= 0.6 is 0 Å². The third-order valence-electron chi connectivity index (χ3n) is 3.29. The van der Waals surface area contributed by atoms with Crippen molar-refractivity contribution in [3.8, 4) is 0 Å². The van der Waals surface area contributed by atoms with Crippen molar-refractivity contribution < 1.29 is 18.5 Å². The second kappa shape index (κ2) is 6.18. The molecule has 0 spiro atoms. The molecule has 1 unspecified atom stereocenters. The lowest BCUT2D eigenvalue weighted by Crippen LogP contribution is -2.04. The van der Waals surface area contributed by atoms with E-state index in [1.54, 1.807) is 0 Å². The Morgan fingerprint density at radius 2 is 1.86 bits per heavy atom. The number of aromatic carboxylic acids is 1. The number of carboxylic acids is 1. The van der Waals surface area contributed by atoms with Crippen LogP contribution in [0.25, 0.3) is 0 Å². The monoisotopic (exact) mass is 306 g/mol. The predicted octanol–water partition coefficient (Wildman–Crippen LogP) is 3.45. The van der Waals surface area contributed by atoms with Crippen LogP contribution in [0.4, 0.5) is 4.39 Å². The average molecular weight is 306 g/mol. The molecule has 1 atom stereocenters. The van der Waals surface area contributed by atoms with Gasteiger partial charge in [-0.2, -0.15) is 0 Å². The quantitative estimate of drug-likeness (QED) is 0.941. The first-order chi connectivity index (χ1) is 9.88. The van der Waals surface area contributed by atoms with Gasteiger partial charge in [0.15, 0.2) is 0 Å². The lowest BCUT2D eigenvalue weighted by Gasteiger charge is -2.07. The van der Waals surface area contributed by atoms with Crippen molar-refractivity contribution in [3.05, 3.63) is 64.5 Å². The maximum Gasteiger partial charge on any atom is 0.335 e. The van der Waals surface area contributed by atoms with Crippen molar-refractivity contribution in [1.82, 2.24) is 0 Å². The van der Waals surface area contributed by atoms with Gasteiger partial charge in [-0.25, -0.2) is 9.18 Å². The van der Waals surface area contributed by atoms with E-state index < -0.39 is 22.6 Å². The molecule has 0 aliphatic heterocycles. The van der Waals surface area contributed by atoms with Crippen molar-refractivity contribution in [2.24, 2.45) is 0 Å². The van der Waals surface area contributed by atoms with Crippen LogP contribution in [0.3, 0.4) is 0 Å². The van der Waals surface area contributed by atoms with Gasteiger partial charge in [0.1, 0.15) is 5.82 Å². The van der Waals surface area contributed by atoms with Gasteiger partial charge >= 0.3 is 5.97 Å². The fourth-order valence-electron chi connectivity index (χ4n) is 1.93. The molecule has 0 aliphatic rings. The van der Waals surface area contributed by atoms with Gasteiger partial charge in [0.25, 0.3) is 0 Å². The first-order valence-electron chi connectivity index (χ1n) is 6.36. The van der Waals surface area contributed by atoms with E-state index in [9.17, 15) is 13.4 Å². The number of rotatable bonds is 4. The molecular formula is C16H15FO3S. The van der Waals surface area contributed by atoms with Crippen LogP contribution in [-0.4, -0.2) is 15.3 Å². The van der Waals surface area contributed by atoms with Crippen LogP contribution in [0.2, 0.25) is 0 Å². The summed E-state index contributed by atoms with van der Waals surface area (Å²) in [5.74, 6) is -1.66. The second-order valence-corrected chi connectivity index (χ2v) is 6.28. The predicted molar refractivity (Wildman–Crippen MR) is 79.4 cm³/mol. The van der Waals surface area contributed by atoms with Gasteiger partial charge in [-0.1, -0.05) is 18.2 Å². The molecule has 2 aromatic carbocycles. The molecule has 0 aromatic heterocycles. The van der Waals surface area contributed by atoms with Crippen LogP contribution in [0.1, 0.15) is 27.0 Å². The minimum Gasteiger partial charge on any atom is -0.478 e. The van der Waals surface area contributed by atoms with Gasteiger partial charge < -0.3 is 5.11 Å². The van der Waals surface area contributed by atoms with Gasteiger partial charge in [0.05, 0.1) is 27.0 Å². The summed E-state index contributed by atoms with van der Waals surface area (Å²) in [5, 5.41) is 8.92. The summed E-state index contributed by atoms with van der Waals surface area (Å²) in [7, 11) is -1.63. The Kier molecular flexibility index (Phi) is 4.53. The Hall–Kier alpha value is -2.01. The van der Waals surface area contributed by atoms with Crippen molar-refractivity contribution >= 4 is 16.8 Å². The fourth-order valence-corrected chi connectivity index (χ4v) is 3.12. The molecule has 0 radical (unpaired) electrons. The van der Waals surface area contributed by atoms with E-state index in [1.807, 2.05) is 32.0 Å². The van der Waals surface area contributed by atoms with Gasteiger partial charge in [-0.05, 0) is 48.7 Å². The molecule has 1 N–H and O–H groups in total. The average Bonchev–Trinajstić information content (AvgIpc) is 2.43. The van der Waals surface area contributed by atoms with Crippen LogP contribution in [0.5, 0.6) is 0 Å². The molecule has 0 saturated carbocycles. The minimum atomic E-state index is -1.63. The summed E-state index contributed by atoms with van der Waals surface area (Å²) in [6.07, 6.45) is 0. The van der Waals surface area contributed by atoms with Gasteiger partial charge in [0, 0.05) is 0 Å². The SMILES string of the molecule is Cc1ccc(CS(=O)c2cc(C(=O)O)ccc2F)cc1C. The summed E-state index contributed by atoms with van der Waals surface area (Å²) in [4.78, 5) is 10.8. The van der Waals surface area contributed by atoms with Crippen molar-refractivity contribution in [2.45, 2.75) is 24.5 Å². The molecule has 2 rings (SSSR count). The zero-order valence-electron chi connectivity index (χ0n) is 11.7. The number of aryl methyl sites for hydroxylation is 2. The summed E-state index contributed by atoms with van der Waals surface area (Å²) < 4.78 is 26.0. The number of hydrogen-bond donors (Lipinski definition) is 1. The topological polar surface area (TPSA) is 54.4 Å². The van der Waals surface area contributed by atoms with Crippen LogP contribution in [0.15, 0.2) is 41.3 Å². The zero-order valence-corrected chi connectivity index (χ0v) is 12.5. The largest absolute Gasteiger partial charge is 0.478 e. The third-order valence-corrected chi connectivity index (χ3v) is 4.69. The molecule has 110 valence electrons. The highest BCUT2D eigenvalue weighted by Crippen LogP contribution is 2.19. The van der Waals surface area contributed by atoms with Crippen LogP contribution in [-0.2, 0) is 16.6 Å². The third kappa shape index (κ3) is 3.55. The lowest BCUT2D eigenvalue weighted by molar-refractivity contribution is 0.0696. The van der Waals surface area contributed by atoms with E-state index in [0.717, 1.165) is 34.9 Å². The molecule has 0 amide bonds. The lowest BCUT2D eigenvalue weighted by atomic mass is 10.1. The fraction of sp³-hybridized carbons (Fsp3) is 0.188. The Morgan fingerprint density at radius 3 is 2.48 bits per heavy atom. The Morgan fingerprint density at radius 1 is 1.14 bits per heavy atom. The summed E-state index contributed by atoms with van der Waals surface area (Å²) in [5.41, 5.74) is 2.96. The Bertz CT molecular complexity index is 725. The van der Waals surface area contributed by atoms with Gasteiger partial charge in [-0.3, -0.25) is 4.21 Å². The van der Waals surface area contributed by atoms with Crippen molar-refractivity contribution in [1.29, 1.82) is 0 Å².